The Kier molecular flexibility index (Phi) is 7.00. The van der Waals surface area contributed by atoms with Gasteiger partial charge in [-0.1, -0.05) is 24.4 Å². The number of quaternary nitrogens is 1. The maximum absolute atomic E-state index is 5.62. The van der Waals surface area contributed by atoms with Gasteiger partial charge in [0.1, 0.15) is 23.2 Å². The van der Waals surface area contributed by atoms with Crippen LogP contribution in [0.15, 0.2) is 24.3 Å². The van der Waals surface area contributed by atoms with Crippen molar-refractivity contribution in [3.63, 3.8) is 0 Å². The number of thiocarbonyl (C=S) groups is 1. The molecule has 0 unspecified atom stereocenters. The van der Waals surface area contributed by atoms with Gasteiger partial charge in [-0.25, -0.2) is 0 Å². The van der Waals surface area contributed by atoms with Crippen LogP contribution in [0.1, 0.15) is 5.56 Å². The molecule has 0 spiro atoms. The van der Waals surface area contributed by atoms with E-state index in [1.54, 1.807) is 0 Å². The van der Waals surface area contributed by atoms with Crippen molar-refractivity contribution < 1.29 is 10.1 Å². The van der Waals surface area contributed by atoms with E-state index in [1.165, 1.54) is 5.56 Å². The third-order valence-corrected chi connectivity index (χ3v) is 2.51. The number of aryl methyl sites for hydroxylation is 1. The van der Waals surface area contributed by atoms with Crippen LogP contribution < -0.4 is 15.4 Å². The molecular formula is C12H19N2OS2+. The summed E-state index contributed by atoms with van der Waals surface area (Å²) in [6, 6.07) is 8.09. The van der Waals surface area contributed by atoms with E-state index in [1.807, 2.05) is 18.2 Å². The molecule has 17 heavy (non-hydrogen) atoms. The third kappa shape index (κ3) is 7.20. The Bertz CT molecular complexity index is 358. The smallest absolute Gasteiger partial charge is 0.137 e. The molecular weight excluding hydrogens is 252 g/mol. The zero-order chi connectivity index (χ0) is 12.5. The largest absolute Gasteiger partial charge is 0.488 e. The first kappa shape index (κ1) is 14.3. The highest BCUT2D eigenvalue weighted by atomic mass is 32.1. The Morgan fingerprint density at radius 1 is 1.47 bits per heavy atom. The summed E-state index contributed by atoms with van der Waals surface area (Å²) in [4.78, 5) is 0. The topological polar surface area (TPSA) is 37.9 Å². The number of nitrogens with two attached hydrogens (primary N) is 1. The zero-order valence-corrected chi connectivity index (χ0v) is 11.7. The highest BCUT2D eigenvalue weighted by molar-refractivity contribution is 8.11. The molecule has 0 aromatic heterocycles. The molecule has 0 radical (unpaired) electrons. The van der Waals surface area contributed by atoms with Crippen LogP contribution in [-0.2, 0) is 0 Å². The molecule has 3 nitrogen and oxygen atoms in total. The van der Waals surface area contributed by atoms with E-state index in [0.29, 0.717) is 4.32 Å². The number of benzene rings is 1. The third-order valence-electron chi connectivity index (χ3n) is 2.20. The number of nitrogens with one attached hydrogen (secondary N) is 1. The number of thiol groups is 1. The van der Waals surface area contributed by atoms with Crippen LogP contribution in [-0.4, -0.2) is 30.6 Å². The van der Waals surface area contributed by atoms with Gasteiger partial charge >= 0.3 is 0 Å². The molecule has 0 saturated carbocycles. The lowest BCUT2D eigenvalue weighted by Gasteiger charge is -2.06. The van der Waals surface area contributed by atoms with Gasteiger partial charge in [-0.05, 0) is 24.6 Å². The summed E-state index contributed by atoms with van der Waals surface area (Å²) in [6.45, 7) is 5.53. The first-order valence-corrected chi connectivity index (χ1v) is 6.52. The fourth-order valence-corrected chi connectivity index (χ4v) is 1.60. The molecule has 0 atom stereocenters. The number of ether oxygens (including phenoxy) is 1. The van der Waals surface area contributed by atoms with E-state index in [0.717, 1.165) is 32.0 Å². The molecule has 0 aliphatic rings. The van der Waals surface area contributed by atoms with E-state index >= 15 is 0 Å². The summed E-state index contributed by atoms with van der Waals surface area (Å²) < 4.78 is 6.17. The van der Waals surface area contributed by atoms with Crippen molar-refractivity contribution in [2.45, 2.75) is 6.92 Å². The van der Waals surface area contributed by atoms with E-state index in [9.17, 15) is 0 Å². The fraction of sp³-hybridized carbons (Fsp3) is 0.417. The van der Waals surface area contributed by atoms with Crippen LogP contribution in [0.2, 0.25) is 0 Å². The second kappa shape index (κ2) is 8.33. The Hall–Kier alpha value is -0.780. The number of hydrogen-bond donors (Lipinski definition) is 3. The highest BCUT2D eigenvalue weighted by Gasteiger charge is 1.95. The van der Waals surface area contributed by atoms with E-state index in [2.05, 4.69) is 36.3 Å². The lowest BCUT2D eigenvalue weighted by Crippen LogP contribution is -2.86. The maximum Gasteiger partial charge on any atom is 0.137 e. The highest BCUT2D eigenvalue weighted by Crippen LogP contribution is 2.11. The molecule has 1 rings (SSSR count). The zero-order valence-electron chi connectivity index (χ0n) is 9.98. The molecule has 0 saturated heterocycles. The van der Waals surface area contributed by atoms with Crippen LogP contribution in [0.3, 0.4) is 0 Å². The van der Waals surface area contributed by atoms with Crippen molar-refractivity contribution in [1.82, 2.24) is 5.32 Å². The van der Waals surface area contributed by atoms with Gasteiger partial charge < -0.3 is 15.4 Å². The van der Waals surface area contributed by atoms with Gasteiger partial charge in [-0.15, -0.1) is 12.6 Å². The van der Waals surface area contributed by atoms with Crippen LogP contribution in [0.25, 0.3) is 0 Å². The molecule has 3 N–H and O–H groups in total. The maximum atomic E-state index is 5.62. The van der Waals surface area contributed by atoms with Crippen molar-refractivity contribution in [3.8, 4) is 5.75 Å². The van der Waals surface area contributed by atoms with Crippen LogP contribution in [0, 0.1) is 6.92 Å². The van der Waals surface area contributed by atoms with E-state index in [-0.39, 0.29) is 0 Å². The standard InChI is InChI=1S/C12H18N2OS2/c1-10-3-2-4-11(9-10)15-8-7-13-5-6-14-12(16)17/h2-4,9,13H,5-8H2,1H3,(H2,14,16,17)/p+1. The SMILES string of the molecule is Cc1cccc(OCC[NH2+]CCNC(=S)S)c1. The second-order valence-corrected chi connectivity index (χ2v) is 4.92. The van der Waals surface area contributed by atoms with Crippen molar-refractivity contribution in [3.05, 3.63) is 29.8 Å². The van der Waals surface area contributed by atoms with Crippen molar-refractivity contribution in [2.75, 3.05) is 26.2 Å². The summed E-state index contributed by atoms with van der Waals surface area (Å²) >= 11 is 8.77. The average molecular weight is 271 g/mol. The first-order chi connectivity index (χ1) is 8.18. The van der Waals surface area contributed by atoms with Crippen LogP contribution >= 0.6 is 24.8 Å². The van der Waals surface area contributed by atoms with Crippen molar-refractivity contribution >= 4 is 29.2 Å². The molecule has 0 heterocycles. The minimum absolute atomic E-state index is 0.550. The molecule has 0 aliphatic heterocycles. The van der Waals surface area contributed by atoms with Gasteiger partial charge in [0.25, 0.3) is 0 Å². The number of hydrogen-bond acceptors (Lipinski definition) is 2. The van der Waals surface area contributed by atoms with E-state index < -0.39 is 0 Å². The Morgan fingerprint density at radius 2 is 2.29 bits per heavy atom. The molecule has 0 bridgehead atoms. The molecule has 0 aliphatic carbocycles. The van der Waals surface area contributed by atoms with Crippen molar-refractivity contribution in [1.29, 1.82) is 0 Å². The first-order valence-electron chi connectivity index (χ1n) is 5.66. The van der Waals surface area contributed by atoms with Crippen molar-refractivity contribution in [2.24, 2.45) is 0 Å². The summed E-state index contributed by atoms with van der Waals surface area (Å²) in [5.74, 6) is 0.938. The minimum atomic E-state index is 0.550. The van der Waals surface area contributed by atoms with Gasteiger partial charge in [0.2, 0.25) is 0 Å². The monoisotopic (exact) mass is 271 g/mol. The Balaban J connectivity index is 2.03. The molecule has 0 amide bonds. The summed E-state index contributed by atoms with van der Waals surface area (Å²) in [5.41, 5.74) is 1.22. The Labute approximate surface area is 113 Å². The predicted octanol–water partition coefficient (Wildman–Crippen LogP) is 0.742. The Morgan fingerprint density at radius 3 is 3.00 bits per heavy atom. The normalized spacial score (nSPS) is 10.0. The molecule has 5 heteroatoms. The quantitative estimate of drug-likeness (QED) is 0.389. The van der Waals surface area contributed by atoms with E-state index in [4.69, 9.17) is 17.0 Å². The van der Waals surface area contributed by atoms with Gasteiger partial charge in [0.15, 0.2) is 0 Å². The van der Waals surface area contributed by atoms with Crippen LogP contribution in [0.4, 0.5) is 0 Å². The predicted molar refractivity (Wildman–Crippen MR) is 77.9 cm³/mol. The number of rotatable bonds is 7. The lowest BCUT2D eigenvalue weighted by atomic mass is 10.2. The summed E-state index contributed by atoms with van der Waals surface area (Å²) in [5, 5.41) is 5.17. The summed E-state index contributed by atoms with van der Waals surface area (Å²) in [6.07, 6.45) is 0. The van der Waals surface area contributed by atoms with Gasteiger partial charge in [0, 0.05) is 0 Å². The molecule has 0 fully saturated rings. The minimum Gasteiger partial charge on any atom is -0.488 e. The average Bonchev–Trinajstić information content (AvgIpc) is 2.27. The second-order valence-electron chi connectivity index (χ2n) is 3.76. The van der Waals surface area contributed by atoms with Gasteiger partial charge in [0.05, 0.1) is 13.1 Å². The molecule has 1 aromatic rings. The van der Waals surface area contributed by atoms with Crippen LogP contribution in [0.5, 0.6) is 5.75 Å². The van der Waals surface area contributed by atoms with Gasteiger partial charge in [-0.3, -0.25) is 0 Å². The molecule has 94 valence electrons. The fourth-order valence-electron chi connectivity index (χ4n) is 1.39. The summed E-state index contributed by atoms with van der Waals surface area (Å²) in [7, 11) is 0. The van der Waals surface area contributed by atoms with Gasteiger partial charge in [-0.2, -0.15) is 0 Å². The lowest BCUT2D eigenvalue weighted by molar-refractivity contribution is -0.653. The molecule has 1 aromatic carbocycles.